The lowest BCUT2D eigenvalue weighted by molar-refractivity contribution is -0.0514. The van der Waals surface area contributed by atoms with E-state index in [1.165, 1.54) is 18.2 Å². The van der Waals surface area contributed by atoms with Gasteiger partial charge >= 0.3 is 6.61 Å². The van der Waals surface area contributed by atoms with E-state index in [0.717, 1.165) is 5.56 Å². The normalized spacial score (nSPS) is 10.8. The fourth-order valence-electron chi connectivity index (χ4n) is 2.65. The van der Waals surface area contributed by atoms with Crippen molar-refractivity contribution in [3.8, 4) is 11.5 Å². The Morgan fingerprint density at radius 1 is 1.21 bits per heavy atom. The van der Waals surface area contributed by atoms with Crippen molar-refractivity contribution in [1.29, 1.82) is 0 Å². The van der Waals surface area contributed by atoms with Crippen LogP contribution in [0.2, 0.25) is 5.02 Å². The molecule has 0 bridgehead atoms. The van der Waals surface area contributed by atoms with Crippen molar-refractivity contribution in [1.82, 2.24) is 9.78 Å². The molecule has 152 valence electrons. The van der Waals surface area contributed by atoms with E-state index in [-0.39, 0.29) is 23.7 Å². The second-order valence-corrected chi connectivity index (χ2v) is 6.30. The molecular weight excluding hydrogens is 404 g/mol. The lowest BCUT2D eigenvalue weighted by Crippen LogP contribution is -2.16. The monoisotopic (exact) mass is 421 g/mol. The van der Waals surface area contributed by atoms with Crippen LogP contribution in [0.25, 0.3) is 0 Å². The third kappa shape index (κ3) is 5.23. The number of rotatable bonds is 8. The van der Waals surface area contributed by atoms with Gasteiger partial charge in [0.2, 0.25) is 0 Å². The van der Waals surface area contributed by atoms with Crippen LogP contribution < -0.4 is 14.8 Å². The highest BCUT2D eigenvalue weighted by molar-refractivity contribution is 6.31. The van der Waals surface area contributed by atoms with E-state index in [1.807, 2.05) is 18.2 Å². The fourth-order valence-corrected chi connectivity index (χ4v) is 2.85. The summed E-state index contributed by atoms with van der Waals surface area (Å²) < 4.78 is 36.4. The molecule has 1 heterocycles. The summed E-state index contributed by atoms with van der Waals surface area (Å²) in [6.07, 6.45) is 1.55. The number of hydrogen-bond donors (Lipinski definition) is 1. The van der Waals surface area contributed by atoms with Gasteiger partial charge < -0.3 is 14.8 Å². The van der Waals surface area contributed by atoms with Crippen LogP contribution in [0, 0.1) is 0 Å². The number of aromatic nitrogens is 2. The molecule has 29 heavy (non-hydrogen) atoms. The van der Waals surface area contributed by atoms with Gasteiger partial charge in [-0.1, -0.05) is 29.8 Å². The SMILES string of the molecule is CCOc1cc(C(=O)Nc2ccnn2Cc2ccccc2Cl)ccc1OC(F)F. The van der Waals surface area contributed by atoms with E-state index in [9.17, 15) is 13.6 Å². The molecule has 0 unspecified atom stereocenters. The smallest absolute Gasteiger partial charge is 0.387 e. The van der Waals surface area contributed by atoms with Crippen molar-refractivity contribution in [2.24, 2.45) is 0 Å². The molecule has 0 atom stereocenters. The zero-order chi connectivity index (χ0) is 20.8. The van der Waals surface area contributed by atoms with E-state index in [4.69, 9.17) is 16.3 Å². The Kier molecular flexibility index (Phi) is 6.66. The summed E-state index contributed by atoms with van der Waals surface area (Å²) in [4.78, 5) is 12.7. The van der Waals surface area contributed by atoms with E-state index in [1.54, 1.807) is 29.9 Å². The molecule has 0 radical (unpaired) electrons. The number of carbonyl (C=O) groups is 1. The Labute approximate surface area is 171 Å². The molecule has 6 nitrogen and oxygen atoms in total. The number of nitrogens with zero attached hydrogens (tertiary/aromatic N) is 2. The minimum atomic E-state index is -2.99. The average molecular weight is 422 g/mol. The van der Waals surface area contributed by atoms with Crippen LogP contribution in [-0.2, 0) is 6.54 Å². The number of anilines is 1. The van der Waals surface area contributed by atoms with Crippen molar-refractivity contribution in [2.45, 2.75) is 20.1 Å². The third-order valence-corrected chi connectivity index (χ3v) is 4.33. The minimum Gasteiger partial charge on any atom is -0.490 e. The van der Waals surface area contributed by atoms with Gasteiger partial charge in [0.15, 0.2) is 11.5 Å². The zero-order valence-corrected chi connectivity index (χ0v) is 16.2. The Balaban J connectivity index is 1.78. The topological polar surface area (TPSA) is 65.4 Å². The van der Waals surface area contributed by atoms with Crippen LogP contribution in [0.4, 0.5) is 14.6 Å². The maximum Gasteiger partial charge on any atom is 0.387 e. The molecule has 2 aromatic carbocycles. The van der Waals surface area contributed by atoms with Crippen LogP contribution in [0.5, 0.6) is 11.5 Å². The van der Waals surface area contributed by atoms with Crippen molar-refractivity contribution in [2.75, 3.05) is 11.9 Å². The number of nitrogens with one attached hydrogen (secondary N) is 1. The molecule has 0 spiro atoms. The van der Waals surface area contributed by atoms with Gasteiger partial charge in [0, 0.05) is 16.7 Å². The minimum absolute atomic E-state index is 0.0602. The molecule has 3 aromatic rings. The molecule has 0 aliphatic heterocycles. The molecule has 3 rings (SSSR count). The first-order valence-electron chi connectivity index (χ1n) is 8.76. The van der Waals surface area contributed by atoms with Gasteiger partial charge in [-0.05, 0) is 36.8 Å². The first-order chi connectivity index (χ1) is 14.0. The molecule has 9 heteroatoms. The molecule has 1 N–H and O–H groups in total. The molecule has 0 fully saturated rings. The number of carbonyl (C=O) groups excluding carboxylic acids is 1. The van der Waals surface area contributed by atoms with E-state index < -0.39 is 12.5 Å². The van der Waals surface area contributed by atoms with Crippen LogP contribution in [0.15, 0.2) is 54.7 Å². The second kappa shape index (κ2) is 9.38. The highest BCUT2D eigenvalue weighted by Crippen LogP contribution is 2.30. The molecule has 0 aliphatic rings. The van der Waals surface area contributed by atoms with Crippen LogP contribution in [0.1, 0.15) is 22.8 Å². The second-order valence-electron chi connectivity index (χ2n) is 5.89. The van der Waals surface area contributed by atoms with Crippen molar-refractivity contribution in [3.63, 3.8) is 0 Å². The number of ether oxygens (including phenoxy) is 2. The molecule has 0 aliphatic carbocycles. The number of hydrogen-bond acceptors (Lipinski definition) is 4. The highest BCUT2D eigenvalue weighted by Gasteiger charge is 2.16. The van der Waals surface area contributed by atoms with E-state index in [0.29, 0.717) is 17.4 Å². The number of alkyl halides is 2. The summed E-state index contributed by atoms with van der Waals surface area (Å²) in [5.74, 6) is -0.0663. The summed E-state index contributed by atoms with van der Waals surface area (Å²) >= 11 is 6.19. The lowest BCUT2D eigenvalue weighted by atomic mass is 10.2. The van der Waals surface area contributed by atoms with Crippen LogP contribution in [-0.4, -0.2) is 28.9 Å². The Morgan fingerprint density at radius 2 is 2.00 bits per heavy atom. The predicted molar refractivity (Wildman–Crippen MR) is 105 cm³/mol. The quantitative estimate of drug-likeness (QED) is 0.565. The predicted octanol–water partition coefficient (Wildman–Crippen LogP) is 4.84. The highest BCUT2D eigenvalue weighted by atomic mass is 35.5. The summed E-state index contributed by atoms with van der Waals surface area (Å²) in [7, 11) is 0. The molecule has 1 amide bonds. The van der Waals surface area contributed by atoms with Gasteiger partial charge in [0.25, 0.3) is 5.91 Å². The number of benzene rings is 2. The molecule has 0 saturated carbocycles. The maximum atomic E-state index is 12.7. The van der Waals surface area contributed by atoms with E-state index in [2.05, 4.69) is 15.2 Å². The van der Waals surface area contributed by atoms with Crippen molar-refractivity contribution < 1.29 is 23.0 Å². The van der Waals surface area contributed by atoms with Crippen molar-refractivity contribution >= 4 is 23.3 Å². The number of halogens is 3. The van der Waals surface area contributed by atoms with E-state index >= 15 is 0 Å². The zero-order valence-electron chi connectivity index (χ0n) is 15.4. The lowest BCUT2D eigenvalue weighted by Gasteiger charge is -2.13. The largest absolute Gasteiger partial charge is 0.490 e. The summed E-state index contributed by atoms with van der Waals surface area (Å²) in [5, 5.41) is 7.55. The average Bonchev–Trinajstić information content (AvgIpc) is 3.11. The Morgan fingerprint density at radius 3 is 2.72 bits per heavy atom. The standard InChI is InChI=1S/C20H18ClF2N3O3/c1-2-28-17-11-13(7-8-16(17)29-20(22)23)19(27)25-18-9-10-24-26(18)12-14-5-3-4-6-15(14)21/h3-11,20H,2,12H2,1H3,(H,25,27). The van der Waals surface area contributed by atoms with Gasteiger partial charge in [0.05, 0.1) is 19.3 Å². The summed E-state index contributed by atoms with van der Waals surface area (Å²) in [6.45, 7) is -0.692. The van der Waals surface area contributed by atoms with Crippen LogP contribution >= 0.6 is 11.6 Å². The third-order valence-electron chi connectivity index (χ3n) is 3.96. The first kappa shape index (κ1) is 20.6. The van der Waals surface area contributed by atoms with Crippen LogP contribution in [0.3, 0.4) is 0 Å². The van der Waals surface area contributed by atoms with Gasteiger partial charge in [-0.3, -0.25) is 4.79 Å². The number of amides is 1. The Bertz CT molecular complexity index is 995. The van der Waals surface area contributed by atoms with Gasteiger partial charge in [-0.25, -0.2) is 4.68 Å². The van der Waals surface area contributed by atoms with Gasteiger partial charge in [-0.15, -0.1) is 0 Å². The van der Waals surface area contributed by atoms with Gasteiger partial charge in [0.1, 0.15) is 5.82 Å². The summed E-state index contributed by atoms with van der Waals surface area (Å²) in [6, 6.07) is 13.0. The van der Waals surface area contributed by atoms with Gasteiger partial charge in [-0.2, -0.15) is 13.9 Å². The molecule has 1 aromatic heterocycles. The first-order valence-corrected chi connectivity index (χ1v) is 9.14. The van der Waals surface area contributed by atoms with Crippen molar-refractivity contribution in [3.05, 3.63) is 70.9 Å². The summed E-state index contributed by atoms with van der Waals surface area (Å²) in [5.41, 5.74) is 1.07. The Hall–Kier alpha value is -3.13. The fraction of sp³-hybridized carbons (Fsp3) is 0.200. The molecular formula is C20H18ClF2N3O3. The maximum absolute atomic E-state index is 12.7. The molecule has 0 saturated heterocycles.